The summed E-state index contributed by atoms with van der Waals surface area (Å²) in [5.74, 6) is 0. The predicted molar refractivity (Wildman–Crippen MR) is 77.9 cm³/mol. The lowest BCUT2D eigenvalue weighted by molar-refractivity contribution is 0.249. The van der Waals surface area contributed by atoms with Gasteiger partial charge in [-0.25, -0.2) is 0 Å². The highest BCUT2D eigenvalue weighted by Gasteiger charge is 2.14. The summed E-state index contributed by atoms with van der Waals surface area (Å²) < 4.78 is 0. The molecule has 0 radical (unpaired) electrons. The lowest BCUT2D eigenvalue weighted by Gasteiger charge is -2.28. The predicted octanol–water partition coefficient (Wildman–Crippen LogP) is 3.07. The summed E-state index contributed by atoms with van der Waals surface area (Å²) >= 11 is 0. The normalized spacial score (nSPS) is 14.3. The van der Waals surface area contributed by atoms with Crippen molar-refractivity contribution in [3.05, 3.63) is 34.9 Å². The third-order valence-electron chi connectivity index (χ3n) is 3.12. The lowest BCUT2D eigenvalue weighted by Crippen LogP contribution is -2.34. The van der Waals surface area contributed by atoms with E-state index in [0.717, 1.165) is 6.54 Å². The zero-order valence-electron chi connectivity index (χ0n) is 11.5. The van der Waals surface area contributed by atoms with Crippen LogP contribution in [0.5, 0.6) is 0 Å². The van der Waals surface area contributed by atoms with Crippen LogP contribution in [-0.2, 0) is 0 Å². The van der Waals surface area contributed by atoms with Crippen LogP contribution >= 0.6 is 12.4 Å². The van der Waals surface area contributed by atoms with E-state index >= 15 is 0 Å². The minimum Gasteiger partial charge on any atom is -0.327 e. The van der Waals surface area contributed by atoms with Gasteiger partial charge in [0.05, 0.1) is 0 Å². The van der Waals surface area contributed by atoms with Gasteiger partial charge < -0.3 is 5.73 Å². The fourth-order valence-electron chi connectivity index (χ4n) is 2.06. The van der Waals surface area contributed by atoms with Gasteiger partial charge in [0, 0.05) is 18.6 Å². The Hall–Kier alpha value is -0.570. The largest absolute Gasteiger partial charge is 0.327 e. The molecule has 2 atom stereocenters. The molecule has 17 heavy (non-hydrogen) atoms. The first kappa shape index (κ1) is 16.4. The van der Waals surface area contributed by atoms with Crippen LogP contribution in [0.3, 0.4) is 0 Å². The van der Waals surface area contributed by atoms with E-state index in [-0.39, 0.29) is 18.4 Å². The summed E-state index contributed by atoms with van der Waals surface area (Å²) in [5.41, 5.74) is 9.92. The Bertz CT molecular complexity index is 350. The Morgan fingerprint density at radius 2 is 1.82 bits per heavy atom. The van der Waals surface area contributed by atoms with Crippen molar-refractivity contribution in [2.75, 3.05) is 13.6 Å². The first-order chi connectivity index (χ1) is 7.41. The molecular weight excluding hydrogens is 232 g/mol. The van der Waals surface area contributed by atoms with Crippen LogP contribution < -0.4 is 5.73 Å². The second kappa shape index (κ2) is 7.00. The van der Waals surface area contributed by atoms with Gasteiger partial charge in [-0.3, -0.25) is 4.90 Å². The minimum absolute atomic E-state index is 0. The van der Waals surface area contributed by atoms with Crippen LogP contribution in [0.25, 0.3) is 0 Å². The SMILES string of the molecule is Cc1ccc(C)c(C(C)N(C)CC(C)N)c1.Cl. The monoisotopic (exact) mass is 256 g/mol. The molecule has 0 heterocycles. The first-order valence-corrected chi connectivity index (χ1v) is 5.94. The fourth-order valence-corrected chi connectivity index (χ4v) is 2.06. The molecule has 0 spiro atoms. The van der Waals surface area contributed by atoms with E-state index in [1.54, 1.807) is 0 Å². The molecule has 0 fully saturated rings. The van der Waals surface area contributed by atoms with Gasteiger partial charge in [0.15, 0.2) is 0 Å². The maximum Gasteiger partial charge on any atom is 0.0320 e. The summed E-state index contributed by atoms with van der Waals surface area (Å²) in [6, 6.07) is 7.28. The van der Waals surface area contributed by atoms with Crippen molar-refractivity contribution >= 4 is 12.4 Å². The Morgan fingerprint density at radius 3 is 2.35 bits per heavy atom. The molecule has 2 unspecified atom stereocenters. The number of hydrogen-bond acceptors (Lipinski definition) is 2. The number of rotatable bonds is 4. The van der Waals surface area contributed by atoms with Gasteiger partial charge in [-0.05, 0) is 45.9 Å². The van der Waals surface area contributed by atoms with Crippen LogP contribution in [-0.4, -0.2) is 24.5 Å². The van der Waals surface area contributed by atoms with E-state index in [9.17, 15) is 0 Å². The van der Waals surface area contributed by atoms with Crippen molar-refractivity contribution in [3.8, 4) is 0 Å². The summed E-state index contributed by atoms with van der Waals surface area (Å²) in [5, 5.41) is 0. The van der Waals surface area contributed by atoms with E-state index in [2.05, 4.69) is 50.9 Å². The molecule has 3 heteroatoms. The summed E-state index contributed by atoms with van der Waals surface area (Å²) in [6.45, 7) is 9.53. The molecule has 0 saturated carbocycles. The number of nitrogens with zero attached hydrogens (tertiary/aromatic N) is 1. The van der Waals surface area contributed by atoms with Gasteiger partial charge >= 0.3 is 0 Å². The van der Waals surface area contributed by atoms with Gasteiger partial charge in [-0.1, -0.05) is 23.8 Å². The van der Waals surface area contributed by atoms with Crippen LogP contribution in [0.4, 0.5) is 0 Å². The number of nitrogens with two attached hydrogens (primary N) is 1. The third-order valence-corrected chi connectivity index (χ3v) is 3.12. The third kappa shape index (κ3) is 4.66. The molecule has 0 amide bonds. The molecule has 1 aromatic rings. The molecule has 0 aliphatic heterocycles. The second-order valence-corrected chi connectivity index (χ2v) is 4.95. The van der Waals surface area contributed by atoms with Crippen LogP contribution in [0, 0.1) is 13.8 Å². The highest BCUT2D eigenvalue weighted by atomic mass is 35.5. The van der Waals surface area contributed by atoms with Crippen molar-refractivity contribution in [3.63, 3.8) is 0 Å². The standard InChI is InChI=1S/C14H24N2.ClH/c1-10-6-7-11(2)14(8-10)13(4)16(5)9-12(3)15;/h6-8,12-13H,9,15H2,1-5H3;1H. The number of hydrogen-bond donors (Lipinski definition) is 1. The van der Waals surface area contributed by atoms with Crippen molar-refractivity contribution in [1.82, 2.24) is 4.90 Å². The zero-order valence-corrected chi connectivity index (χ0v) is 12.3. The Labute approximate surface area is 112 Å². The summed E-state index contributed by atoms with van der Waals surface area (Å²) in [4.78, 5) is 2.31. The summed E-state index contributed by atoms with van der Waals surface area (Å²) in [7, 11) is 2.13. The molecule has 1 aromatic carbocycles. The molecule has 1 rings (SSSR count). The van der Waals surface area contributed by atoms with E-state index in [0.29, 0.717) is 6.04 Å². The highest BCUT2D eigenvalue weighted by molar-refractivity contribution is 5.85. The average Bonchev–Trinajstić information content (AvgIpc) is 2.19. The Balaban J connectivity index is 0.00000256. The van der Waals surface area contributed by atoms with Gasteiger partial charge in [0.25, 0.3) is 0 Å². The van der Waals surface area contributed by atoms with Crippen molar-refractivity contribution in [2.45, 2.75) is 39.8 Å². The van der Waals surface area contributed by atoms with Crippen molar-refractivity contribution < 1.29 is 0 Å². The maximum atomic E-state index is 5.84. The van der Waals surface area contributed by atoms with E-state index in [1.165, 1.54) is 16.7 Å². The lowest BCUT2D eigenvalue weighted by atomic mass is 9.99. The van der Waals surface area contributed by atoms with Crippen molar-refractivity contribution in [2.24, 2.45) is 5.73 Å². The quantitative estimate of drug-likeness (QED) is 0.897. The first-order valence-electron chi connectivity index (χ1n) is 5.94. The smallest absolute Gasteiger partial charge is 0.0320 e. The number of aryl methyl sites for hydroxylation is 2. The van der Waals surface area contributed by atoms with Crippen LogP contribution in [0.2, 0.25) is 0 Å². The fraction of sp³-hybridized carbons (Fsp3) is 0.571. The van der Waals surface area contributed by atoms with Gasteiger partial charge in [0.2, 0.25) is 0 Å². The molecular formula is C14H25ClN2. The van der Waals surface area contributed by atoms with E-state index in [4.69, 9.17) is 5.73 Å². The molecule has 0 aromatic heterocycles. The number of halogens is 1. The van der Waals surface area contributed by atoms with Crippen LogP contribution in [0.1, 0.15) is 36.6 Å². The topological polar surface area (TPSA) is 29.3 Å². The average molecular weight is 257 g/mol. The summed E-state index contributed by atoms with van der Waals surface area (Å²) in [6.07, 6.45) is 0. The number of benzene rings is 1. The Morgan fingerprint density at radius 1 is 1.24 bits per heavy atom. The molecule has 0 aliphatic rings. The highest BCUT2D eigenvalue weighted by Crippen LogP contribution is 2.23. The van der Waals surface area contributed by atoms with Gasteiger partial charge in [0.1, 0.15) is 0 Å². The van der Waals surface area contributed by atoms with Crippen LogP contribution in [0.15, 0.2) is 18.2 Å². The van der Waals surface area contributed by atoms with Gasteiger partial charge in [-0.2, -0.15) is 0 Å². The van der Waals surface area contributed by atoms with Gasteiger partial charge in [-0.15, -0.1) is 12.4 Å². The molecule has 98 valence electrons. The molecule has 0 bridgehead atoms. The second-order valence-electron chi connectivity index (χ2n) is 4.95. The molecule has 2 nitrogen and oxygen atoms in total. The molecule has 0 aliphatic carbocycles. The molecule has 0 saturated heterocycles. The molecule has 2 N–H and O–H groups in total. The van der Waals surface area contributed by atoms with E-state index < -0.39 is 0 Å². The van der Waals surface area contributed by atoms with E-state index in [1.807, 2.05) is 6.92 Å². The minimum atomic E-state index is 0. The number of likely N-dealkylation sites (N-methyl/N-ethyl adjacent to an activating group) is 1. The maximum absolute atomic E-state index is 5.84. The Kier molecular flexibility index (Phi) is 6.76. The van der Waals surface area contributed by atoms with Crippen molar-refractivity contribution in [1.29, 1.82) is 0 Å². The zero-order chi connectivity index (χ0) is 12.3.